The summed E-state index contributed by atoms with van der Waals surface area (Å²) in [6, 6.07) is 3.20. The van der Waals surface area contributed by atoms with Crippen LogP contribution in [0.15, 0.2) is 18.2 Å². The van der Waals surface area contributed by atoms with Crippen molar-refractivity contribution in [1.29, 1.82) is 0 Å². The van der Waals surface area contributed by atoms with Gasteiger partial charge in [0.15, 0.2) is 0 Å². The molecule has 1 amide bonds. The summed E-state index contributed by atoms with van der Waals surface area (Å²) in [6.07, 6.45) is -4.69. The zero-order valence-electron chi connectivity index (χ0n) is 10.5. The van der Waals surface area contributed by atoms with Crippen LogP contribution in [0.5, 0.6) is 0 Å². The van der Waals surface area contributed by atoms with Crippen molar-refractivity contribution >= 4 is 17.3 Å². The minimum absolute atomic E-state index is 0.0267. The molecule has 1 aromatic carbocycles. The second kappa shape index (κ2) is 5.92. The van der Waals surface area contributed by atoms with Crippen LogP contribution >= 0.6 is 0 Å². The summed E-state index contributed by atoms with van der Waals surface area (Å²) in [7, 11) is 0. The number of nitrogens with one attached hydrogen (secondary N) is 1. The number of alkyl halides is 3. The van der Waals surface area contributed by atoms with Crippen molar-refractivity contribution in [2.24, 2.45) is 0 Å². The minimum atomic E-state index is -4.56. The van der Waals surface area contributed by atoms with Gasteiger partial charge in [0.2, 0.25) is 5.91 Å². The monoisotopic (exact) mass is 276 g/mol. The number of nitrogen functional groups attached to an aromatic ring is 1. The zero-order chi connectivity index (χ0) is 14.6. The molecule has 106 valence electrons. The molecule has 0 saturated carbocycles. The molecule has 4 nitrogen and oxygen atoms in total. The van der Waals surface area contributed by atoms with E-state index in [-0.39, 0.29) is 24.1 Å². The second-order valence-electron chi connectivity index (χ2n) is 4.21. The van der Waals surface area contributed by atoms with Gasteiger partial charge in [0, 0.05) is 11.4 Å². The Labute approximate surface area is 108 Å². The van der Waals surface area contributed by atoms with Crippen molar-refractivity contribution in [1.82, 2.24) is 0 Å². The van der Waals surface area contributed by atoms with Crippen molar-refractivity contribution in [3.8, 4) is 0 Å². The van der Waals surface area contributed by atoms with Crippen LogP contribution in [0, 0.1) is 0 Å². The lowest BCUT2D eigenvalue weighted by Crippen LogP contribution is -2.21. The quantitative estimate of drug-likeness (QED) is 0.831. The molecule has 0 saturated heterocycles. The lowest BCUT2D eigenvalue weighted by molar-refractivity contribution is -0.137. The highest BCUT2D eigenvalue weighted by atomic mass is 19.4. The van der Waals surface area contributed by atoms with Gasteiger partial charge < -0.3 is 15.8 Å². The highest BCUT2D eigenvalue weighted by molar-refractivity contribution is 5.92. The Kier molecular flexibility index (Phi) is 4.77. The summed E-state index contributed by atoms with van der Waals surface area (Å²) in [6.45, 7) is 3.28. The molecule has 0 spiro atoms. The Morgan fingerprint density at radius 1 is 1.42 bits per heavy atom. The molecule has 0 aliphatic rings. The van der Waals surface area contributed by atoms with E-state index in [1.165, 1.54) is 6.07 Å². The van der Waals surface area contributed by atoms with Crippen molar-refractivity contribution in [2.75, 3.05) is 17.7 Å². The van der Waals surface area contributed by atoms with Gasteiger partial charge in [-0.15, -0.1) is 0 Å². The van der Waals surface area contributed by atoms with Gasteiger partial charge in [-0.25, -0.2) is 0 Å². The maximum atomic E-state index is 12.6. The van der Waals surface area contributed by atoms with Crippen LogP contribution in [0.2, 0.25) is 0 Å². The average molecular weight is 276 g/mol. The number of carbonyl (C=O) groups is 1. The average Bonchev–Trinajstić information content (AvgIpc) is 2.27. The number of ether oxygens (including phenoxy) is 1. The SMILES string of the molecule is CC(C)OCC(=O)Nc1ccc(N)c(C(F)(F)F)c1. The normalized spacial score (nSPS) is 11.7. The van der Waals surface area contributed by atoms with E-state index in [9.17, 15) is 18.0 Å². The second-order valence-corrected chi connectivity index (χ2v) is 4.21. The zero-order valence-corrected chi connectivity index (χ0v) is 10.5. The molecule has 1 aromatic rings. The first-order valence-corrected chi connectivity index (χ1v) is 5.58. The molecule has 0 bridgehead atoms. The number of amides is 1. The van der Waals surface area contributed by atoms with E-state index >= 15 is 0 Å². The first kappa shape index (κ1) is 15.3. The summed E-state index contributed by atoms with van der Waals surface area (Å²) in [5, 5.41) is 2.32. The summed E-state index contributed by atoms with van der Waals surface area (Å²) in [5.74, 6) is -0.522. The number of carbonyl (C=O) groups excluding carboxylic acids is 1. The van der Waals surface area contributed by atoms with E-state index < -0.39 is 17.6 Å². The number of hydrogen-bond acceptors (Lipinski definition) is 3. The Balaban J connectivity index is 2.78. The smallest absolute Gasteiger partial charge is 0.398 e. The van der Waals surface area contributed by atoms with E-state index in [4.69, 9.17) is 10.5 Å². The fraction of sp³-hybridized carbons (Fsp3) is 0.417. The molecule has 0 aliphatic carbocycles. The van der Waals surface area contributed by atoms with Crippen molar-refractivity contribution < 1.29 is 22.7 Å². The van der Waals surface area contributed by atoms with E-state index in [2.05, 4.69) is 5.32 Å². The van der Waals surface area contributed by atoms with Gasteiger partial charge in [0.25, 0.3) is 0 Å². The lowest BCUT2D eigenvalue weighted by Gasteiger charge is -2.13. The van der Waals surface area contributed by atoms with Gasteiger partial charge in [-0.3, -0.25) is 4.79 Å². The van der Waals surface area contributed by atoms with E-state index in [1.807, 2.05) is 0 Å². The van der Waals surface area contributed by atoms with Crippen molar-refractivity contribution in [3.63, 3.8) is 0 Å². The number of halogens is 3. The fourth-order valence-electron chi connectivity index (χ4n) is 1.32. The molecule has 7 heteroatoms. The third kappa shape index (κ3) is 4.78. The Morgan fingerprint density at radius 3 is 2.58 bits per heavy atom. The van der Waals surface area contributed by atoms with Crippen LogP contribution in [0.4, 0.5) is 24.5 Å². The van der Waals surface area contributed by atoms with Crippen LogP contribution in [-0.4, -0.2) is 18.6 Å². The van der Waals surface area contributed by atoms with Gasteiger partial charge in [0.05, 0.1) is 11.7 Å². The highest BCUT2D eigenvalue weighted by Gasteiger charge is 2.33. The number of rotatable bonds is 4. The molecular formula is C12H15F3N2O2. The maximum absolute atomic E-state index is 12.6. The summed E-state index contributed by atoms with van der Waals surface area (Å²) in [5.41, 5.74) is 3.91. The van der Waals surface area contributed by atoms with Crippen LogP contribution in [0.25, 0.3) is 0 Å². The molecule has 1 rings (SSSR count). The third-order valence-corrected chi connectivity index (χ3v) is 2.19. The molecule has 19 heavy (non-hydrogen) atoms. The molecule has 0 fully saturated rings. The lowest BCUT2D eigenvalue weighted by atomic mass is 10.1. The standard InChI is InChI=1S/C12H15F3N2O2/c1-7(2)19-6-11(18)17-8-3-4-10(16)9(5-8)12(13,14)15/h3-5,7H,6,16H2,1-2H3,(H,17,18). The van der Waals surface area contributed by atoms with Crippen molar-refractivity contribution in [2.45, 2.75) is 26.1 Å². The fourth-order valence-corrected chi connectivity index (χ4v) is 1.32. The Hall–Kier alpha value is -1.76. The summed E-state index contributed by atoms with van der Waals surface area (Å²) < 4.78 is 42.8. The molecule has 0 heterocycles. The van der Waals surface area contributed by atoms with Gasteiger partial charge in [0.1, 0.15) is 6.61 Å². The van der Waals surface area contributed by atoms with Crippen LogP contribution < -0.4 is 11.1 Å². The number of anilines is 2. The molecule has 0 aliphatic heterocycles. The van der Waals surface area contributed by atoms with E-state index in [1.54, 1.807) is 13.8 Å². The minimum Gasteiger partial charge on any atom is -0.398 e. The predicted octanol–water partition coefficient (Wildman–Crippen LogP) is 2.65. The van der Waals surface area contributed by atoms with Crippen LogP contribution in [0.1, 0.15) is 19.4 Å². The van der Waals surface area contributed by atoms with Crippen LogP contribution in [-0.2, 0) is 15.7 Å². The molecule has 0 radical (unpaired) electrons. The molecule has 0 unspecified atom stereocenters. The number of benzene rings is 1. The maximum Gasteiger partial charge on any atom is 0.418 e. The summed E-state index contributed by atoms with van der Waals surface area (Å²) >= 11 is 0. The number of hydrogen-bond donors (Lipinski definition) is 2. The summed E-state index contributed by atoms with van der Waals surface area (Å²) in [4.78, 5) is 11.4. The third-order valence-electron chi connectivity index (χ3n) is 2.19. The molecule has 0 aromatic heterocycles. The molecular weight excluding hydrogens is 261 g/mol. The number of nitrogens with two attached hydrogens (primary N) is 1. The van der Waals surface area contributed by atoms with Gasteiger partial charge >= 0.3 is 6.18 Å². The van der Waals surface area contributed by atoms with E-state index in [0.29, 0.717) is 0 Å². The van der Waals surface area contributed by atoms with Crippen molar-refractivity contribution in [3.05, 3.63) is 23.8 Å². The Bertz CT molecular complexity index is 459. The molecule has 3 N–H and O–H groups in total. The first-order valence-electron chi connectivity index (χ1n) is 5.58. The predicted molar refractivity (Wildman–Crippen MR) is 65.6 cm³/mol. The van der Waals surface area contributed by atoms with Gasteiger partial charge in [-0.2, -0.15) is 13.2 Å². The van der Waals surface area contributed by atoms with E-state index in [0.717, 1.165) is 12.1 Å². The van der Waals surface area contributed by atoms with Crippen LogP contribution in [0.3, 0.4) is 0 Å². The molecule has 0 atom stereocenters. The largest absolute Gasteiger partial charge is 0.418 e. The topological polar surface area (TPSA) is 64.3 Å². The van der Waals surface area contributed by atoms with Gasteiger partial charge in [-0.05, 0) is 32.0 Å². The first-order chi connectivity index (χ1) is 8.70. The highest BCUT2D eigenvalue weighted by Crippen LogP contribution is 2.35. The van der Waals surface area contributed by atoms with Gasteiger partial charge in [-0.1, -0.05) is 0 Å². The Morgan fingerprint density at radius 2 is 2.05 bits per heavy atom.